The molecule has 0 aromatic carbocycles. The van der Waals surface area contributed by atoms with Gasteiger partial charge in [-0.1, -0.05) is 96.8 Å². The average molecular weight is 308 g/mol. The topological polar surface area (TPSA) is 57.5 Å². The van der Waals surface area contributed by atoms with Crippen molar-refractivity contribution in [1.29, 1.82) is 0 Å². The monoisotopic (exact) mass is 308 g/mol. The van der Waals surface area contributed by atoms with Crippen LogP contribution in [0.2, 0.25) is 0 Å². The molecule has 22 heavy (non-hydrogen) atoms. The number of hydrogen-bond donors (Lipinski definition) is 2. The molecule has 0 saturated carbocycles. The first-order valence-corrected chi connectivity index (χ1v) is 8.86. The van der Waals surface area contributed by atoms with Gasteiger partial charge in [0.15, 0.2) is 0 Å². The maximum absolute atomic E-state index is 8.56. The van der Waals surface area contributed by atoms with Gasteiger partial charge >= 0.3 is 25.0 Å². The summed E-state index contributed by atoms with van der Waals surface area (Å²) in [7, 11) is 0. The van der Waals surface area contributed by atoms with Gasteiger partial charge in [-0.3, -0.25) is 0 Å². The molecule has 0 aliphatic rings. The maximum atomic E-state index is 8.56. The fourth-order valence-corrected chi connectivity index (χ4v) is 2.37. The maximum Gasteiger partial charge on any atom is 1.00 e. The number of unbranched alkanes of at least 4 members (excludes halogenated alkanes) is 14. The van der Waals surface area contributed by atoms with Gasteiger partial charge in [0.05, 0.1) is 0 Å². The Balaban J connectivity index is -0.000000640. The molecule has 0 radical (unpaired) electrons. The van der Waals surface area contributed by atoms with Gasteiger partial charge in [-0.05, 0) is 0 Å². The van der Waals surface area contributed by atoms with E-state index in [1.807, 2.05) is 0 Å². The van der Waals surface area contributed by atoms with Crippen molar-refractivity contribution < 1.29 is 33.9 Å². The van der Waals surface area contributed by atoms with Crippen LogP contribution in [0.5, 0.6) is 0 Å². The number of carboxylic acid groups (broad SMARTS) is 2. The zero-order chi connectivity index (χ0) is 16.2. The largest absolute Gasteiger partial charge is 1.00 e. The third-order valence-electron chi connectivity index (χ3n) is 3.60. The molecule has 0 aromatic heterocycles. The Morgan fingerprint density at radius 1 is 0.682 bits per heavy atom. The molecule has 4 heteroatoms. The van der Waals surface area contributed by atoms with E-state index in [0.29, 0.717) is 0 Å². The van der Waals surface area contributed by atoms with E-state index in [2.05, 4.69) is 13.8 Å². The van der Waals surface area contributed by atoms with E-state index in [1.54, 1.807) is 0 Å². The van der Waals surface area contributed by atoms with Crippen molar-refractivity contribution in [3.05, 3.63) is 6.92 Å². The third-order valence-corrected chi connectivity index (χ3v) is 3.60. The van der Waals surface area contributed by atoms with Gasteiger partial charge in [-0.15, -0.1) is 0 Å². The molecule has 3 nitrogen and oxygen atoms in total. The minimum absolute atomic E-state index is 0. The fraction of sp³-hybridized carbons (Fsp3) is 0.889. The normalized spacial score (nSPS) is 9.55. The summed E-state index contributed by atoms with van der Waals surface area (Å²) >= 11 is 0. The van der Waals surface area contributed by atoms with Crippen LogP contribution in [0.4, 0.5) is 4.79 Å². The molecule has 2 N–H and O–H groups in total. The summed E-state index contributed by atoms with van der Waals surface area (Å²) in [6.07, 6.45) is 19.5. The molecule has 0 saturated heterocycles. The summed E-state index contributed by atoms with van der Waals surface area (Å²) in [5, 5.41) is 13.9. The van der Waals surface area contributed by atoms with Gasteiger partial charge < -0.3 is 17.1 Å². The van der Waals surface area contributed by atoms with Crippen LogP contribution in [0.25, 0.3) is 0 Å². The molecule has 0 bridgehead atoms. The Morgan fingerprint density at radius 2 is 0.909 bits per heavy atom. The van der Waals surface area contributed by atoms with E-state index in [-0.39, 0.29) is 18.9 Å². The second-order valence-electron chi connectivity index (χ2n) is 5.73. The molecular weight excluding hydrogens is 271 g/mol. The first-order chi connectivity index (χ1) is 10.1. The fourth-order valence-electron chi connectivity index (χ4n) is 2.37. The zero-order valence-corrected chi connectivity index (χ0v) is 15.1. The third kappa shape index (κ3) is 36.8. The smallest absolute Gasteiger partial charge is 0.450 e. The van der Waals surface area contributed by atoms with Gasteiger partial charge in [-0.2, -0.15) is 6.42 Å². The van der Waals surface area contributed by atoms with E-state index in [4.69, 9.17) is 15.0 Å². The van der Waals surface area contributed by atoms with Crippen LogP contribution < -0.4 is 18.9 Å². The van der Waals surface area contributed by atoms with Crippen molar-refractivity contribution >= 4 is 6.16 Å². The Kier molecular flexibility index (Phi) is 31.4. The van der Waals surface area contributed by atoms with Crippen molar-refractivity contribution in [2.45, 2.75) is 103 Å². The minimum atomic E-state index is -1.83. The number of hydrogen-bond acceptors (Lipinski definition) is 1. The van der Waals surface area contributed by atoms with Gasteiger partial charge in [0.25, 0.3) is 0 Å². The molecule has 0 rings (SSSR count). The van der Waals surface area contributed by atoms with Crippen LogP contribution in [0, 0.1) is 6.92 Å². The Hall–Kier alpha value is -0.133. The summed E-state index contributed by atoms with van der Waals surface area (Å²) in [5.41, 5.74) is 0. The van der Waals surface area contributed by atoms with Gasteiger partial charge in [0, 0.05) is 0 Å². The Morgan fingerprint density at radius 3 is 1.14 bits per heavy atom. The van der Waals surface area contributed by atoms with E-state index in [9.17, 15) is 0 Å². The van der Waals surface area contributed by atoms with E-state index >= 15 is 0 Å². The molecule has 0 aliphatic heterocycles. The molecule has 0 aromatic rings. The molecule has 0 atom stereocenters. The van der Waals surface area contributed by atoms with Crippen molar-refractivity contribution in [2.24, 2.45) is 0 Å². The molecule has 128 valence electrons. The van der Waals surface area contributed by atoms with Crippen LogP contribution in [-0.2, 0) is 0 Å². The first kappa shape index (κ1) is 26.7. The summed E-state index contributed by atoms with van der Waals surface area (Å²) < 4.78 is 0. The quantitative estimate of drug-likeness (QED) is 0.290. The van der Waals surface area contributed by atoms with Crippen LogP contribution in [0.15, 0.2) is 0 Å². The summed E-state index contributed by atoms with van der Waals surface area (Å²) in [6.45, 7) is 6.17. The molecule has 0 spiro atoms. The number of rotatable bonds is 14. The SMILES string of the molecule is O=C(O)O.[CH2-]CCCCCCCCCCCCCCCC.[Li+]. The summed E-state index contributed by atoms with van der Waals surface area (Å²) in [4.78, 5) is 8.56. The predicted octanol–water partition coefficient (Wildman–Crippen LogP) is 3.92. The predicted molar refractivity (Wildman–Crippen MR) is 90.9 cm³/mol. The number of carbonyl (C=O) groups is 1. The second-order valence-corrected chi connectivity index (χ2v) is 5.73. The molecule has 0 aliphatic carbocycles. The molecule has 0 fully saturated rings. The van der Waals surface area contributed by atoms with Crippen molar-refractivity contribution in [3.8, 4) is 0 Å². The Labute approximate surface area is 150 Å². The minimum Gasteiger partial charge on any atom is -0.450 e. The van der Waals surface area contributed by atoms with Gasteiger partial charge in [0.1, 0.15) is 0 Å². The van der Waals surface area contributed by atoms with E-state index in [1.165, 1.54) is 89.9 Å². The van der Waals surface area contributed by atoms with Crippen LogP contribution in [0.3, 0.4) is 0 Å². The molecule has 0 amide bonds. The van der Waals surface area contributed by atoms with Crippen LogP contribution in [-0.4, -0.2) is 16.4 Å². The Bertz CT molecular complexity index is 181. The summed E-state index contributed by atoms with van der Waals surface area (Å²) in [5.74, 6) is 0. The van der Waals surface area contributed by atoms with E-state index in [0.717, 1.165) is 6.42 Å². The van der Waals surface area contributed by atoms with Gasteiger partial charge in [0.2, 0.25) is 0 Å². The first-order valence-electron chi connectivity index (χ1n) is 8.86. The van der Waals surface area contributed by atoms with Crippen molar-refractivity contribution in [3.63, 3.8) is 0 Å². The second kappa shape index (κ2) is 25.8. The van der Waals surface area contributed by atoms with E-state index < -0.39 is 6.16 Å². The van der Waals surface area contributed by atoms with Crippen LogP contribution in [0.1, 0.15) is 103 Å². The molecular formula is C18H37LiO3. The molecule has 0 heterocycles. The van der Waals surface area contributed by atoms with Crippen LogP contribution >= 0.6 is 0 Å². The van der Waals surface area contributed by atoms with Crippen molar-refractivity contribution in [2.75, 3.05) is 0 Å². The molecule has 0 unspecified atom stereocenters. The van der Waals surface area contributed by atoms with Crippen molar-refractivity contribution in [1.82, 2.24) is 0 Å². The zero-order valence-electron chi connectivity index (χ0n) is 15.1. The van der Waals surface area contributed by atoms with Gasteiger partial charge in [-0.25, -0.2) is 4.79 Å². The standard InChI is InChI=1S/C17H35.CH2O3.Li/c1-3-5-7-9-11-13-15-17-16-14-12-10-8-6-4-2;2-1(3)4;/h1,3-17H2,2H3;(H2,2,3,4);/q-1;;+1. The average Bonchev–Trinajstić information content (AvgIpc) is 2.43. The summed E-state index contributed by atoms with van der Waals surface area (Å²) in [6, 6.07) is 0.